The molecule has 1 atom stereocenters. The second-order valence-electron chi connectivity index (χ2n) is 8.67. The van der Waals surface area contributed by atoms with Crippen LogP contribution < -0.4 is 11.1 Å². The predicted molar refractivity (Wildman–Crippen MR) is 127 cm³/mol. The van der Waals surface area contributed by atoms with Gasteiger partial charge in [0.1, 0.15) is 0 Å². The van der Waals surface area contributed by atoms with Gasteiger partial charge in [0.15, 0.2) is 0 Å². The molecule has 4 heteroatoms. The molecule has 0 heterocycles. The van der Waals surface area contributed by atoms with E-state index in [1.165, 1.54) is 57.8 Å². The first-order valence-electron chi connectivity index (χ1n) is 12.4. The molecule has 0 spiro atoms. The van der Waals surface area contributed by atoms with Crippen molar-refractivity contribution in [2.24, 2.45) is 5.73 Å². The molecule has 1 rings (SSSR count). The summed E-state index contributed by atoms with van der Waals surface area (Å²) in [5, 5.41) is 13.0. The Hall–Kier alpha value is -1.39. The van der Waals surface area contributed by atoms with Gasteiger partial charge in [0.05, 0.1) is 6.10 Å². The zero-order valence-corrected chi connectivity index (χ0v) is 19.3. The van der Waals surface area contributed by atoms with Gasteiger partial charge in [0.25, 0.3) is 0 Å². The molecule has 0 fully saturated rings. The first-order chi connectivity index (χ1) is 14.7. The molecule has 4 nitrogen and oxygen atoms in total. The van der Waals surface area contributed by atoms with Crippen molar-refractivity contribution in [2.45, 2.75) is 122 Å². The fourth-order valence-electron chi connectivity index (χ4n) is 3.76. The van der Waals surface area contributed by atoms with Crippen molar-refractivity contribution in [2.75, 3.05) is 0 Å². The second kappa shape index (κ2) is 18.4. The average molecular weight is 419 g/mol. The Morgan fingerprint density at radius 2 is 1.33 bits per heavy atom. The van der Waals surface area contributed by atoms with Gasteiger partial charge < -0.3 is 16.2 Å². The van der Waals surface area contributed by atoms with Crippen molar-refractivity contribution < 1.29 is 9.90 Å². The first-order valence-corrected chi connectivity index (χ1v) is 12.4. The smallest absolute Gasteiger partial charge is 0.220 e. The molecule has 0 saturated carbocycles. The van der Waals surface area contributed by atoms with Crippen LogP contribution in [0.3, 0.4) is 0 Å². The lowest BCUT2D eigenvalue weighted by Crippen LogP contribution is -2.22. The summed E-state index contributed by atoms with van der Waals surface area (Å²) >= 11 is 0. The van der Waals surface area contributed by atoms with E-state index in [1.54, 1.807) is 0 Å². The first kappa shape index (κ1) is 26.6. The van der Waals surface area contributed by atoms with E-state index in [-0.39, 0.29) is 12.0 Å². The zero-order chi connectivity index (χ0) is 21.9. The van der Waals surface area contributed by atoms with E-state index in [1.807, 2.05) is 24.3 Å². The number of amides is 1. The Labute approximate surface area is 185 Å². The molecule has 172 valence electrons. The van der Waals surface area contributed by atoms with Crippen molar-refractivity contribution in [1.82, 2.24) is 5.32 Å². The topological polar surface area (TPSA) is 75.3 Å². The summed E-state index contributed by atoms with van der Waals surface area (Å²) in [6.07, 6.45) is 17.0. The highest BCUT2D eigenvalue weighted by atomic mass is 16.3. The molecule has 30 heavy (non-hydrogen) atoms. The Balaban J connectivity index is 1.87. The number of nitrogens with two attached hydrogens (primary N) is 1. The van der Waals surface area contributed by atoms with E-state index in [9.17, 15) is 9.90 Å². The third-order valence-electron chi connectivity index (χ3n) is 5.83. The van der Waals surface area contributed by atoms with Crippen molar-refractivity contribution >= 4 is 5.91 Å². The lowest BCUT2D eigenvalue weighted by molar-refractivity contribution is -0.121. The quantitative estimate of drug-likeness (QED) is 0.241. The van der Waals surface area contributed by atoms with Gasteiger partial charge in [-0.25, -0.2) is 0 Å². The third-order valence-corrected chi connectivity index (χ3v) is 5.83. The van der Waals surface area contributed by atoms with E-state index < -0.39 is 0 Å². The number of nitrogens with one attached hydrogen (secondary N) is 1. The number of carbonyl (C=O) groups excluding carboxylic acids is 1. The molecule has 0 aliphatic heterocycles. The number of aliphatic hydroxyl groups is 1. The van der Waals surface area contributed by atoms with E-state index in [0.29, 0.717) is 19.5 Å². The van der Waals surface area contributed by atoms with Gasteiger partial charge in [0, 0.05) is 19.5 Å². The maximum atomic E-state index is 11.9. The van der Waals surface area contributed by atoms with E-state index in [0.717, 1.165) is 43.2 Å². The Morgan fingerprint density at radius 1 is 0.833 bits per heavy atom. The van der Waals surface area contributed by atoms with Crippen LogP contribution in [-0.4, -0.2) is 17.1 Å². The highest BCUT2D eigenvalue weighted by Crippen LogP contribution is 2.14. The molecule has 0 saturated heterocycles. The van der Waals surface area contributed by atoms with Gasteiger partial charge in [-0.15, -0.1) is 0 Å². The minimum Gasteiger partial charge on any atom is -0.393 e. The van der Waals surface area contributed by atoms with Crippen molar-refractivity contribution in [3.05, 3.63) is 35.4 Å². The molecule has 0 aromatic heterocycles. The summed E-state index contributed by atoms with van der Waals surface area (Å²) in [6, 6.07) is 8.07. The lowest BCUT2D eigenvalue weighted by atomic mass is 10.0. The van der Waals surface area contributed by atoms with Crippen LogP contribution in [0, 0.1) is 0 Å². The van der Waals surface area contributed by atoms with Crippen LogP contribution in [-0.2, 0) is 17.9 Å². The van der Waals surface area contributed by atoms with Gasteiger partial charge >= 0.3 is 0 Å². The third kappa shape index (κ3) is 14.6. The molecule has 0 aliphatic carbocycles. The summed E-state index contributed by atoms with van der Waals surface area (Å²) in [5.74, 6) is 0.140. The van der Waals surface area contributed by atoms with Gasteiger partial charge in [0.2, 0.25) is 5.91 Å². The molecule has 0 bridgehead atoms. The summed E-state index contributed by atoms with van der Waals surface area (Å²) < 4.78 is 0. The predicted octanol–water partition coefficient (Wildman–Crippen LogP) is 5.99. The maximum Gasteiger partial charge on any atom is 0.220 e. The van der Waals surface area contributed by atoms with Gasteiger partial charge in [-0.3, -0.25) is 4.79 Å². The summed E-state index contributed by atoms with van der Waals surface area (Å²) in [7, 11) is 0. The molecule has 1 aromatic rings. The average Bonchev–Trinajstić information content (AvgIpc) is 2.76. The molecular formula is C26H46N2O2. The van der Waals surface area contributed by atoms with Crippen LogP contribution in [0.2, 0.25) is 0 Å². The Morgan fingerprint density at radius 3 is 1.90 bits per heavy atom. The zero-order valence-electron chi connectivity index (χ0n) is 19.3. The Kier molecular flexibility index (Phi) is 16.3. The van der Waals surface area contributed by atoms with Crippen LogP contribution in [0.15, 0.2) is 24.3 Å². The minimum atomic E-state index is -0.0938. The van der Waals surface area contributed by atoms with Crippen LogP contribution in [0.1, 0.15) is 114 Å². The molecular weight excluding hydrogens is 372 g/mol. The SMILES string of the molecule is CCCCCCCC(O)CCCCCCCCCC(=O)NCc1ccc(CN)cc1. The fourth-order valence-corrected chi connectivity index (χ4v) is 3.76. The van der Waals surface area contributed by atoms with E-state index in [2.05, 4.69) is 12.2 Å². The van der Waals surface area contributed by atoms with Crippen molar-refractivity contribution in [1.29, 1.82) is 0 Å². The largest absolute Gasteiger partial charge is 0.393 e. The standard InChI is InChI=1S/C26H46N2O2/c1-2-3-4-8-11-14-25(29)15-12-9-6-5-7-10-13-16-26(30)28-22-24-19-17-23(21-27)18-20-24/h17-20,25,29H,2-16,21-22,27H2,1H3,(H,28,30). The summed E-state index contributed by atoms with van der Waals surface area (Å²) in [5.41, 5.74) is 7.82. The van der Waals surface area contributed by atoms with Crippen molar-refractivity contribution in [3.63, 3.8) is 0 Å². The molecule has 0 radical (unpaired) electrons. The van der Waals surface area contributed by atoms with Gasteiger partial charge in [-0.2, -0.15) is 0 Å². The molecule has 4 N–H and O–H groups in total. The van der Waals surface area contributed by atoms with Crippen LogP contribution >= 0.6 is 0 Å². The Bertz CT molecular complexity index is 530. The molecule has 0 aliphatic rings. The summed E-state index contributed by atoms with van der Waals surface area (Å²) in [6.45, 7) is 3.37. The van der Waals surface area contributed by atoms with Crippen LogP contribution in [0.5, 0.6) is 0 Å². The molecule has 1 aromatic carbocycles. The molecule has 1 unspecified atom stereocenters. The number of hydrogen-bond acceptors (Lipinski definition) is 3. The lowest BCUT2D eigenvalue weighted by Gasteiger charge is -2.10. The monoisotopic (exact) mass is 418 g/mol. The van der Waals surface area contributed by atoms with E-state index in [4.69, 9.17) is 5.73 Å². The highest BCUT2D eigenvalue weighted by Gasteiger charge is 2.04. The normalized spacial score (nSPS) is 12.1. The number of rotatable bonds is 19. The number of benzene rings is 1. The number of aliphatic hydroxyl groups excluding tert-OH is 1. The van der Waals surface area contributed by atoms with Crippen LogP contribution in [0.4, 0.5) is 0 Å². The summed E-state index contributed by atoms with van der Waals surface area (Å²) in [4.78, 5) is 11.9. The second-order valence-corrected chi connectivity index (χ2v) is 8.67. The number of unbranched alkanes of at least 4 members (excludes halogenated alkanes) is 10. The minimum absolute atomic E-state index is 0.0938. The van der Waals surface area contributed by atoms with Crippen LogP contribution in [0.25, 0.3) is 0 Å². The van der Waals surface area contributed by atoms with Gasteiger partial charge in [-0.05, 0) is 30.4 Å². The highest BCUT2D eigenvalue weighted by molar-refractivity contribution is 5.75. The molecule has 1 amide bonds. The van der Waals surface area contributed by atoms with Crippen molar-refractivity contribution in [3.8, 4) is 0 Å². The maximum absolute atomic E-state index is 11.9. The van der Waals surface area contributed by atoms with E-state index >= 15 is 0 Å². The number of hydrogen-bond donors (Lipinski definition) is 3. The number of carbonyl (C=O) groups is 1. The fraction of sp³-hybridized carbons (Fsp3) is 0.731. The van der Waals surface area contributed by atoms with Gasteiger partial charge in [-0.1, -0.05) is 102 Å².